The predicted octanol–water partition coefficient (Wildman–Crippen LogP) is 1.35. The number of hydrogen-bond donors (Lipinski definition) is 3. The summed E-state index contributed by atoms with van der Waals surface area (Å²) in [5.41, 5.74) is 4.54. The number of unbranched alkanes of at least 4 members (excludes halogenated alkanes) is 3. The van der Waals surface area contributed by atoms with Gasteiger partial charge in [-0.25, -0.2) is 0 Å². The first-order chi connectivity index (χ1) is 7.06. The van der Waals surface area contributed by atoms with Gasteiger partial charge in [-0.2, -0.15) is 0 Å². The Morgan fingerprint density at radius 1 is 1.40 bits per heavy atom. The van der Waals surface area contributed by atoms with Crippen molar-refractivity contribution in [3.05, 3.63) is 0 Å². The van der Waals surface area contributed by atoms with Gasteiger partial charge in [0.05, 0.1) is 0 Å². The Balaban J connectivity index is 3.96. The molecule has 0 fully saturated rings. The molecule has 0 radical (unpaired) electrons. The van der Waals surface area contributed by atoms with Crippen molar-refractivity contribution in [1.82, 2.24) is 5.32 Å². The maximum absolute atomic E-state index is 11.1. The van der Waals surface area contributed by atoms with Crippen LogP contribution in [0.1, 0.15) is 46.0 Å². The second-order valence-corrected chi connectivity index (χ2v) is 4.16. The molecule has 0 saturated carbocycles. The van der Waals surface area contributed by atoms with Crippen molar-refractivity contribution in [2.24, 2.45) is 5.73 Å². The second kappa shape index (κ2) is 7.65. The van der Waals surface area contributed by atoms with Crippen molar-refractivity contribution in [3.8, 4) is 0 Å². The number of hydrogen-bond acceptors (Lipinski definition) is 3. The average molecular weight is 216 g/mol. The van der Waals surface area contributed by atoms with Crippen molar-refractivity contribution in [3.63, 3.8) is 0 Å². The van der Waals surface area contributed by atoms with Gasteiger partial charge in [-0.1, -0.05) is 32.6 Å². The molecule has 0 aliphatic rings. The SMILES string of the molecule is CCCCCCC(C)(NCCN)C(=O)O. The van der Waals surface area contributed by atoms with E-state index in [1.165, 1.54) is 12.8 Å². The molecule has 0 aromatic rings. The number of carboxylic acid groups (broad SMARTS) is 1. The second-order valence-electron chi connectivity index (χ2n) is 4.16. The van der Waals surface area contributed by atoms with Crippen LogP contribution >= 0.6 is 0 Å². The van der Waals surface area contributed by atoms with Gasteiger partial charge in [0.25, 0.3) is 0 Å². The van der Waals surface area contributed by atoms with Crippen molar-refractivity contribution < 1.29 is 9.90 Å². The zero-order valence-corrected chi connectivity index (χ0v) is 9.88. The van der Waals surface area contributed by atoms with E-state index >= 15 is 0 Å². The van der Waals surface area contributed by atoms with Gasteiger partial charge < -0.3 is 16.2 Å². The van der Waals surface area contributed by atoms with E-state index in [1.807, 2.05) is 0 Å². The fourth-order valence-electron chi connectivity index (χ4n) is 1.52. The first-order valence-electron chi connectivity index (χ1n) is 5.75. The van der Waals surface area contributed by atoms with E-state index in [-0.39, 0.29) is 0 Å². The standard InChI is InChI=1S/C11H24N2O2/c1-3-4-5-6-7-11(2,10(14)15)13-9-8-12/h13H,3-9,12H2,1-2H3,(H,14,15). The van der Waals surface area contributed by atoms with Gasteiger partial charge in [-0.15, -0.1) is 0 Å². The van der Waals surface area contributed by atoms with Crippen LogP contribution < -0.4 is 11.1 Å². The molecule has 4 heteroatoms. The molecule has 1 atom stereocenters. The summed E-state index contributed by atoms with van der Waals surface area (Å²) in [4.78, 5) is 11.1. The lowest BCUT2D eigenvalue weighted by Crippen LogP contribution is -2.51. The molecular formula is C11H24N2O2. The number of carbonyl (C=O) groups is 1. The molecule has 0 bridgehead atoms. The summed E-state index contributed by atoms with van der Waals surface area (Å²) in [6.45, 7) is 4.90. The van der Waals surface area contributed by atoms with Crippen LogP contribution in [-0.4, -0.2) is 29.7 Å². The van der Waals surface area contributed by atoms with Crippen LogP contribution in [0.5, 0.6) is 0 Å². The monoisotopic (exact) mass is 216 g/mol. The van der Waals surface area contributed by atoms with E-state index in [2.05, 4.69) is 12.2 Å². The smallest absolute Gasteiger partial charge is 0.323 e. The van der Waals surface area contributed by atoms with E-state index in [0.29, 0.717) is 19.5 Å². The fourth-order valence-corrected chi connectivity index (χ4v) is 1.52. The lowest BCUT2D eigenvalue weighted by Gasteiger charge is -2.26. The van der Waals surface area contributed by atoms with Crippen LogP contribution in [0, 0.1) is 0 Å². The van der Waals surface area contributed by atoms with Crippen molar-refractivity contribution in [2.75, 3.05) is 13.1 Å². The minimum atomic E-state index is -0.812. The minimum Gasteiger partial charge on any atom is -0.480 e. The molecular weight excluding hydrogens is 192 g/mol. The number of nitrogens with two attached hydrogens (primary N) is 1. The van der Waals surface area contributed by atoms with E-state index in [1.54, 1.807) is 6.92 Å². The molecule has 0 saturated heterocycles. The van der Waals surface area contributed by atoms with Gasteiger partial charge in [0.1, 0.15) is 5.54 Å². The van der Waals surface area contributed by atoms with Crippen molar-refractivity contribution in [2.45, 2.75) is 51.5 Å². The molecule has 0 heterocycles. The Bertz CT molecular complexity index is 185. The molecule has 15 heavy (non-hydrogen) atoms. The van der Waals surface area contributed by atoms with Crippen molar-refractivity contribution >= 4 is 5.97 Å². The Morgan fingerprint density at radius 3 is 2.53 bits per heavy atom. The Labute approximate surface area is 92.2 Å². The molecule has 0 rings (SSSR count). The molecule has 0 aliphatic carbocycles. The summed E-state index contributed by atoms with van der Waals surface area (Å²) in [7, 11) is 0. The van der Waals surface area contributed by atoms with Crippen LogP contribution in [0.25, 0.3) is 0 Å². The van der Waals surface area contributed by atoms with Gasteiger partial charge in [-0.05, 0) is 13.3 Å². The van der Waals surface area contributed by atoms with E-state index < -0.39 is 11.5 Å². The molecule has 1 unspecified atom stereocenters. The third-order valence-electron chi connectivity index (χ3n) is 2.66. The summed E-state index contributed by atoms with van der Waals surface area (Å²) in [5, 5.41) is 12.1. The maximum atomic E-state index is 11.1. The highest BCUT2D eigenvalue weighted by Crippen LogP contribution is 2.15. The largest absolute Gasteiger partial charge is 0.480 e. The summed E-state index contributed by atoms with van der Waals surface area (Å²) < 4.78 is 0. The topological polar surface area (TPSA) is 75.3 Å². The molecule has 0 aromatic carbocycles. The molecule has 4 N–H and O–H groups in total. The van der Waals surface area contributed by atoms with Crippen LogP contribution in [-0.2, 0) is 4.79 Å². The van der Waals surface area contributed by atoms with Crippen LogP contribution in [0.4, 0.5) is 0 Å². The molecule has 0 aromatic heterocycles. The Kier molecular flexibility index (Phi) is 7.34. The summed E-state index contributed by atoms with van der Waals surface area (Å²) in [6.07, 6.45) is 5.06. The van der Waals surface area contributed by atoms with Crippen LogP contribution in [0.2, 0.25) is 0 Å². The van der Waals surface area contributed by atoms with Crippen LogP contribution in [0.15, 0.2) is 0 Å². The highest BCUT2D eigenvalue weighted by atomic mass is 16.4. The molecule has 90 valence electrons. The highest BCUT2D eigenvalue weighted by molar-refractivity contribution is 5.78. The van der Waals surface area contributed by atoms with Crippen molar-refractivity contribution in [1.29, 1.82) is 0 Å². The van der Waals surface area contributed by atoms with E-state index in [4.69, 9.17) is 10.8 Å². The Morgan fingerprint density at radius 2 is 2.07 bits per heavy atom. The minimum absolute atomic E-state index is 0.470. The quantitative estimate of drug-likeness (QED) is 0.508. The van der Waals surface area contributed by atoms with E-state index in [0.717, 1.165) is 12.8 Å². The Hall–Kier alpha value is -0.610. The predicted molar refractivity (Wildman–Crippen MR) is 61.9 cm³/mol. The fraction of sp³-hybridized carbons (Fsp3) is 0.909. The summed E-state index contributed by atoms with van der Waals surface area (Å²) >= 11 is 0. The molecule has 4 nitrogen and oxygen atoms in total. The number of rotatable bonds is 9. The lowest BCUT2D eigenvalue weighted by molar-refractivity contribution is -0.144. The first-order valence-corrected chi connectivity index (χ1v) is 5.75. The lowest BCUT2D eigenvalue weighted by atomic mass is 9.94. The molecule has 0 aliphatic heterocycles. The molecule has 0 spiro atoms. The summed E-state index contributed by atoms with van der Waals surface area (Å²) in [6, 6.07) is 0. The normalized spacial score (nSPS) is 14.9. The van der Waals surface area contributed by atoms with Crippen LogP contribution in [0.3, 0.4) is 0 Å². The van der Waals surface area contributed by atoms with Gasteiger partial charge in [0, 0.05) is 13.1 Å². The highest BCUT2D eigenvalue weighted by Gasteiger charge is 2.31. The zero-order chi connectivity index (χ0) is 11.7. The zero-order valence-electron chi connectivity index (χ0n) is 9.88. The third kappa shape index (κ3) is 5.74. The van der Waals surface area contributed by atoms with E-state index in [9.17, 15) is 4.79 Å². The van der Waals surface area contributed by atoms with Gasteiger partial charge in [0.15, 0.2) is 0 Å². The van der Waals surface area contributed by atoms with Gasteiger partial charge in [-0.3, -0.25) is 4.79 Å². The number of aliphatic carboxylic acids is 1. The first kappa shape index (κ1) is 14.4. The average Bonchev–Trinajstić information content (AvgIpc) is 2.21. The van der Waals surface area contributed by atoms with Gasteiger partial charge >= 0.3 is 5.97 Å². The van der Waals surface area contributed by atoms with Gasteiger partial charge in [0.2, 0.25) is 0 Å². The number of nitrogens with one attached hydrogen (secondary N) is 1. The molecule has 0 amide bonds. The maximum Gasteiger partial charge on any atom is 0.323 e. The number of carboxylic acids is 1. The summed E-state index contributed by atoms with van der Waals surface area (Å²) in [5.74, 6) is -0.785. The third-order valence-corrected chi connectivity index (χ3v) is 2.66.